The molecule has 8 heteroatoms. The Hall–Kier alpha value is -3.03. The number of rotatable bonds is 4. The Labute approximate surface area is 153 Å². The molecule has 2 aromatic rings. The average molecular weight is 379 g/mol. The predicted molar refractivity (Wildman–Crippen MR) is 89.6 cm³/mol. The lowest BCUT2D eigenvalue weighted by molar-refractivity contribution is -0.158. The summed E-state index contributed by atoms with van der Waals surface area (Å²) in [5, 5.41) is 2.07. The maximum absolute atomic E-state index is 13.6. The van der Waals surface area contributed by atoms with E-state index in [0.717, 1.165) is 11.6 Å². The first kappa shape index (κ1) is 18.8. The number of benzene rings is 2. The van der Waals surface area contributed by atoms with Crippen molar-refractivity contribution in [3.63, 3.8) is 0 Å². The zero-order chi connectivity index (χ0) is 19.6. The number of carbonyl (C=O) groups excluding carboxylic acids is 2. The van der Waals surface area contributed by atoms with Crippen molar-refractivity contribution in [1.29, 1.82) is 0 Å². The minimum Gasteiger partial charge on any atom is -0.492 e. The number of amides is 1. The second-order valence-corrected chi connectivity index (χ2v) is 6.11. The van der Waals surface area contributed by atoms with Crippen molar-refractivity contribution in [1.82, 2.24) is 0 Å². The van der Waals surface area contributed by atoms with Crippen LogP contribution in [0.4, 0.5) is 18.9 Å². The minimum absolute atomic E-state index is 0.113. The average Bonchev–Trinajstić information content (AvgIpc) is 2.67. The number of nitrogens with one attached hydrogen (secondary N) is 1. The number of para-hydroxylation sites is 1. The van der Waals surface area contributed by atoms with Crippen molar-refractivity contribution in [3.05, 3.63) is 59.4 Å². The Morgan fingerprint density at radius 3 is 2.67 bits per heavy atom. The van der Waals surface area contributed by atoms with Gasteiger partial charge in [-0.15, -0.1) is 0 Å². The summed E-state index contributed by atoms with van der Waals surface area (Å²) in [6.07, 6.45) is -0.858. The molecule has 2 atom stereocenters. The standard InChI is InChI=1S/C19H16F3NO4/c1-10(18(24)23-14-7-6-13(20)16(21)17(14)22)27-19(25)12-8-11-4-2-3-5-15(11)26-9-12/h2-7,10,12H,8-9H2,1H3,(H,23,24). The molecule has 0 saturated heterocycles. The van der Waals surface area contributed by atoms with E-state index in [9.17, 15) is 22.8 Å². The van der Waals surface area contributed by atoms with Crippen LogP contribution in [0.3, 0.4) is 0 Å². The van der Waals surface area contributed by atoms with Gasteiger partial charge in [-0.2, -0.15) is 0 Å². The molecular formula is C19H16F3NO4. The summed E-state index contributed by atoms with van der Waals surface area (Å²) in [4.78, 5) is 24.4. The largest absolute Gasteiger partial charge is 0.492 e. The fraction of sp³-hybridized carbons (Fsp3) is 0.263. The zero-order valence-electron chi connectivity index (χ0n) is 14.3. The van der Waals surface area contributed by atoms with Crippen molar-refractivity contribution < 1.29 is 32.2 Å². The Morgan fingerprint density at radius 2 is 1.89 bits per heavy atom. The summed E-state index contributed by atoms with van der Waals surface area (Å²) in [6, 6.07) is 8.83. The molecule has 142 valence electrons. The second kappa shape index (κ2) is 7.69. The molecule has 5 nitrogen and oxygen atoms in total. The maximum Gasteiger partial charge on any atom is 0.313 e. The van der Waals surface area contributed by atoms with E-state index >= 15 is 0 Å². The normalized spacial score (nSPS) is 16.7. The van der Waals surface area contributed by atoms with E-state index in [1.165, 1.54) is 6.92 Å². The van der Waals surface area contributed by atoms with Crippen LogP contribution in [0.1, 0.15) is 12.5 Å². The fourth-order valence-corrected chi connectivity index (χ4v) is 2.66. The molecule has 1 heterocycles. The van der Waals surface area contributed by atoms with Crippen LogP contribution in [0.15, 0.2) is 36.4 Å². The third-order valence-corrected chi connectivity index (χ3v) is 4.17. The molecule has 0 fully saturated rings. The smallest absolute Gasteiger partial charge is 0.313 e. The maximum atomic E-state index is 13.6. The molecular weight excluding hydrogens is 363 g/mol. The quantitative estimate of drug-likeness (QED) is 0.655. The van der Waals surface area contributed by atoms with Crippen LogP contribution in [-0.2, 0) is 20.7 Å². The molecule has 1 aliphatic heterocycles. The van der Waals surface area contributed by atoms with Gasteiger partial charge in [0.1, 0.15) is 12.4 Å². The molecule has 2 aromatic carbocycles. The molecule has 27 heavy (non-hydrogen) atoms. The van der Waals surface area contributed by atoms with Crippen LogP contribution >= 0.6 is 0 Å². The van der Waals surface area contributed by atoms with Gasteiger partial charge >= 0.3 is 5.97 Å². The van der Waals surface area contributed by atoms with Crippen molar-refractivity contribution >= 4 is 17.6 Å². The van der Waals surface area contributed by atoms with Gasteiger partial charge in [0.15, 0.2) is 23.6 Å². The van der Waals surface area contributed by atoms with Crippen molar-refractivity contribution in [3.8, 4) is 5.75 Å². The van der Waals surface area contributed by atoms with Crippen LogP contribution in [0.5, 0.6) is 5.75 Å². The Bertz CT molecular complexity index is 887. The Morgan fingerprint density at radius 1 is 1.15 bits per heavy atom. The highest BCUT2D eigenvalue weighted by molar-refractivity contribution is 5.95. The molecule has 1 N–H and O–H groups in total. The number of fused-ring (bicyclic) bond motifs is 1. The summed E-state index contributed by atoms with van der Waals surface area (Å²) in [5.74, 6) is -6.00. The van der Waals surface area contributed by atoms with Gasteiger partial charge in [0, 0.05) is 0 Å². The fourth-order valence-electron chi connectivity index (χ4n) is 2.66. The number of anilines is 1. The van der Waals surface area contributed by atoms with Gasteiger partial charge in [-0.25, -0.2) is 13.2 Å². The highest BCUT2D eigenvalue weighted by atomic mass is 19.2. The van der Waals surface area contributed by atoms with Gasteiger partial charge in [-0.3, -0.25) is 9.59 Å². The molecule has 2 unspecified atom stereocenters. The van der Waals surface area contributed by atoms with E-state index in [2.05, 4.69) is 5.32 Å². The third kappa shape index (κ3) is 4.05. The number of hydrogen-bond acceptors (Lipinski definition) is 4. The number of halogens is 3. The molecule has 0 bridgehead atoms. The van der Waals surface area contributed by atoms with Gasteiger partial charge < -0.3 is 14.8 Å². The third-order valence-electron chi connectivity index (χ3n) is 4.17. The lowest BCUT2D eigenvalue weighted by atomic mass is 9.97. The molecule has 0 radical (unpaired) electrons. The van der Waals surface area contributed by atoms with Gasteiger partial charge in [0.2, 0.25) is 0 Å². The van der Waals surface area contributed by atoms with Gasteiger partial charge in [0.25, 0.3) is 5.91 Å². The first-order valence-electron chi connectivity index (χ1n) is 8.22. The van der Waals surface area contributed by atoms with Crippen molar-refractivity contribution in [2.75, 3.05) is 11.9 Å². The van der Waals surface area contributed by atoms with E-state index in [-0.39, 0.29) is 6.61 Å². The van der Waals surface area contributed by atoms with Crippen LogP contribution < -0.4 is 10.1 Å². The van der Waals surface area contributed by atoms with Crippen LogP contribution in [0.2, 0.25) is 0 Å². The lowest BCUT2D eigenvalue weighted by Gasteiger charge is -2.25. The van der Waals surface area contributed by atoms with E-state index in [1.54, 1.807) is 6.07 Å². The number of esters is 1. The summed E-state index contributed by atoms with van der Waals surface area (Å²) in [5.41, 5.74) is 0.309. The monoisotopic (exact) mass is 379 g/mol. The molecule has 0 saturated carbocycles. The number of carbonyl (C=O) groups is 2. The van der Waals surface area contributed by atoms with E-state index in [1.807, 2.05) is 18.2 Å². The van der Waals surface area contributed by atoms with E-state index in [4.69, 9.17) is 9.47 Å². The molecule has 1 amide bonds. The van der Waals surface area contributed by atoms with Gasteiger partial charge in [0.05, 0.1) is 11.6 Å². The first-order chi connectivity index (χ1) is 12.9. The molecule has 0 spiro atoms. The molecule has 0 aliphatic carbocycles. The molecule has 1 aliphatic rings. The SMILES string of the molecule is CC(OC(=O)C1COc2ccccc2C1)C(=O)Nc1ccc(F)c(F)c1F. The minimum atomic E-state index is -1.70. The lowest BCUT2D eigenvalue weighted by Crippen LogP contribution is -2.36. The van der Waals surface area contributed by atoms with E-state index in [0.29, 0.717) is 18.2 Å². The summed E-state index contributed by atoms with van der Waals surface area (Å²) in [6.45, 7) is 1.41. The number of ether oxygens (including phenoxy) is 2. The Balaban J connectivity index is 1.60. The van der Waals surface area contributed by atoms with E-state index < -0.39 is 47.0 Å². The first-order valence-corrected chi connectivity index (χ1v) is 8.22. The summed E-state index contributed by atoms with van der Waals surface area (Å²) < 4.78 is 50.4. The van der Waals surface area contributed by atoms with Gasteiger partial charge in [-0.1, -0.05) is 18.2 Å². The highest BCUT2D eigenvalue weighted by Crippen LogP contribution is 2.27. The van der Waals surface area contributed by atoms with Crippen LogP contribution in [-0.4, -0.2) is 24.6 Å². The molecule has 0 aromatic heterocycles. The zero-order valence-corrected chi connectivity index (χ0v) is 14.3. The van der Waals surface area contributed by atoms with Crippen molar-refractivity contribution in [2.24, 2.45) is 5.92 Å². The topological polar surface area (TPSA) is 64.6 Å². The summed E-state index contributed by atoms with van der Waals surface area (Å²) >= 11 is 0. The molecule has 3 rings (SSSR count). The van der Waals surface area contributed by atoms with Crippen molar-refractivity contribution in [2.45, 2.75) is 19.4 Å². The van der Waals surface area contributed by atoms with Crippen LogP contribution in [0.25, 0.3) is 0 Å². The predicted octanol–water partition coefficient (Wildman–Crippen LogP) is 3.23. The highest BCUT2D eigenvalue weighted by Gasteiger charge is 2.30. The number of hydrogen-bond donors (Lipinski definition) is 1. The van der Waals surface area contributed by atoms with Gasteiger partial charge in [-0.05, 0) is 37.1 Å². The second-order valence-electron chi connectivity index (χ2n) is 6.11. The van der Waals surface area contributed by atoms with Crippen LogP contribution in [0, 0.1) is 23.4 Å². The Kier molecular flexibility index (Phi) is 5.34. The summed E-state index contributed by atoms with van der Waals surface area (Å²) in [7, 11) is 0.